The molecule has 2 aromatic rings. The van der Waals surface area contributed by atoms with Gasteiger partial charge in [0.2, 0.25) is 5.82 Å². The molecule has 0 atom stereocenters. The van der Waals surface area contributed by atoms with Gasteiger partial charge in [0.1, 0.15) is 10.0 Å². The summed E-state index contributed by atoms with van der Waals surface area (Å²) in [7, 11) is -4.12. The number of benzene rings is 1. The third-order valence-electron chi connectivity index (χ3n) is 2.39. The fraction of sp³-hybridized carbons (Fsp3) is 0. The number of nitrogens with zero attached hydrogens (tertiary/aromatic N) is 2. The van der Waals surface area contributed by atoms with Crippen LogP contribution in [0.2, 0.25) is 10.2 Å². The normalized spacial score (nSPS) is 11.1. The van der Waals surface area contributed by atoms with Crippen LogP contribution in [-0.4, -0.2) is 18.3 Å². The number of anilines is 1. The van der Waals surface area contributed by atoms with Gasteiger partial charge in [-0.25, -0.2) is 13.4 Å². The van der Waals surface area contributed by atoms with Crippen LogP contribution in [0.4, 0.5) is 11.5 Å². The molecule has 0 aliphatic rings. The predicted molar refractivity (Wildman–Crippen MR) is 78.2 cm³/mol. The van der Waals surface area contributed by atoms with E-state index >= 15 is 0 Å². The molecule has 110 valence electrons. The summed E-state index contributed by atoms with van der Waals surface area (Å²) in [5.41, 5.74) is -0.518. The van der Waals surface area contributed by atoms with Crippen LogP contribution in [0.1, 0.15) is 0 Å². The fourth-order valence-electron chi connectivity index (χ4n) is 1.50. The van der Waals surface area contributed by atoms with Crippen LogP contribution in [-0.2, 0) is 10.0 Å². The molecule has 1 N–H and O–H groups in total. The lowest BCUT2D eigenvalue weighted by Crippen LogP contribution is -2.15. The van der Waals surface area contributed by atoms with E-state index in [0.717, 1.165) is 6.07 Å². The van der Waals surface area contributed by atoms with Crippen LogP contribution in [0.15, 0.2) is 41.3 Å². The number of sulfonamides is 1. The molecule has 21 heavy (non-hydrogen) atoms. The Bertz CT molecular complexity index is 811. The first kappa shape index (κ1) is 15.5. The van der Waals surface area contributed by atoms with Gasteiger partial charge in [0.05, 0.1) is 9.95 Å². The minimum Gasteiger partial charge on any atom is -0.258 e. The van der Waals surface area contributed by atoms with Crippen LogP contribution in [0.3, 0.4) is 0 Å². The summed E-state index contributed by atoms with van der Waals surface area (Å²) in [6.45, 7) is 0. The number of nitrogens with one attached hydrogen (secondary N) is 1. The first-order valence-corrected chi connectivity index (χ1v) is 7.63. The van der Waals surface area contributed by atoms with E-state index in [9.17, 15) is 18.5 Å². The van der Waals surface area contributed by atoms with E-state index < -0.39 is 26.5 Å². The van der Waals surface area contributed by atoms with Crippen molar-refractivity contribution in [3.63, 3.8) is 0 Å². The fourth-order valence-corrected chi connectivity index (χ4v) is 3.18. The lowest BCUT2D eigenvalue weighted by Gasteiger charge is -2.09. The van der Waals surface area contributed by atoms with Gasteiger partial charge in [-0.1, -0.05) is 35.3 Å². The molecule has 0 saturated heterocycles. The summed E-state index contributed by atoms with van der Waals surface area (Å²) >= 11 is 11.4. The lowest BCUT2D eigenvalue weighted by atomic mass is 10.4. The molecule has 0 aliphatic carbocycles. The van der Waals surface area contributed by atoms with E-state index in [1.807, 2.05) is 4.72 Å². The SMILES string of the molecule is O=[N+]([O-])c1ccc(Cl)nc1NS(=O)(=O)c1ccccc1Cl. The van der Waals surface area contributed by atoms with Crippen molar-refractivity contribution in [3.8, 4) is 0 Å². The Morgan fingerprint density at radius 3 is 2.43 bits per heavy atom. The number of rotatable bonds is 4. The molecule has 0 saturated carbocycles. The summed E-state index contributed by atoms with van der Waals surface area (Å²) in [6, 6.07) is 7.92. The van der Waals surface area contributed by atoms with Gasteiger partial charge in [0.15, 0.2) is 0 Å². The van der Waals surface area contributed by atoms with E-state index in [4.69, 9.17) is 23.2 Å². The average Bonchev–Trinajstić information content (AvgIpc) is 2.38. The second-order valence-corrected chi connectivity index (χ2v) is 6.24. The van der Waals surface area contributed by atoms with Crippen molar-refractivity contribution in [2.75, 3.05) is 4.72 Å². The van der Waals surface area contributed by atoms with Crippen molar-refractivity contribution >= 4 is 44.7 Å². The molecule has 0 amide bonds. The molecule has 1 aromatic heterocycles. The molecule has 7 nitrogen and oxygen atoms in total. The van der Waals surface area contributed by atoms with Gasteiger partial charge < -0.3 is 0 Å². The van der Waals surface area contributed by atoms with E-state index in [2.05, 4.69) is 4.98 Å². The molecule has 0 bridgehead atoms. The standard InChI is InChI=1S/C11H7Cl2N3O4S/c12-7-3-1-2-4-9(7)21(19,20)15-11-8(16(17)18)5-6-10(13)14-11/h1-6H,(H,14,15). The minimum absolute atomic E-state index is 0.0188. The monoisotopic (exact) mass is 347 g/mol. The van der Waals surface area contributed by atoms with Crippen LogP contribution in [0.5, 0.6) is 0 Å². The van der Waals surface area contributed by atoms with Crippen LogP contribution in [0, 0.1) is 10.1 Å². The molecule has 2 rings (SSSR count). The summed E-state index contributed by atoms with van der Waals surface area (Å²) in [6.07, 6.45) is 0. The maximum atomic E-state index is 12.2. The van der Waals surface area contributed by atoms with Crippen molar-refractivity contribution in [1.82, 2.24) is 4.98 Å². The van der Waals surface area contributed by atoms with Crippen molar-refractivity contribution in [2.45, 2.75) is 4.90 Å². The third-order valence-corrected chi connectivity index (χ3v) is 4.44. The summed E-state index contributed by atoms with van der Waals surface area (Å²) in [5, 5.41) is 10.8. The Morgan fingerprint density at radius 1 is 1.14 bits per heavy atom. The number of aromatic nitrogens is 1. The van der Waals surface area contributed by atoms with E-state index in [1.165, 1.54) is 24.3 Å². The molecule has 0 fully saturated rings. The highest BCUT2D eigenvalue weighted by molar-refractivity contribution is 7.92. The Labute approximate surface area is 129 Å². The van der Waals surface area contributed by atoms with Crippen molar-refractivity contribution < 1.29 is 13.3 Å². The zero-order valence-electron chi connectivity index (χ0n) is 10.2. The van der Waals surface area contributed by atoms with Crippen molar-refractivity contribution in [2.24, 2.45) is 0 Å². The maximum Gasteiger partial charge on any atom is 0.312 e. The molecule has 0 aliphatic heterocycles. The Balaban J connectivity index is 2.49. The second kappa shape index (κ2) is 5.84. The molecule has 0 unspecified atom stereocenters. The molecule has 0 spiro atoms. The third kappa shape index (κ3) is 3.41. The molecular formula is C11H7Cl2N3O4S. The van der Waals surface area contributed by atoms with Gasteiger partial charge in [0, 0.05) is 6.07 Å². The van der Waals surface area contributed by atoms with Crippen molar-refractivity contribution in [1.29, 1.82) is 0 Å². The molecular weight excluding hydrogens is 341 g/mol. The number of nitro groups is 1. The first-order chi connectivity index (χ1) is 9.81. The summed E-state index contributed by atoms with van der Waals surface area (Å²) in [5.74, 6) is -0.479. The van der Waals surface area contributed by atoms with Gasteiger partial charge in [-0.05, 0) is 18.2 Å². The van der Waals surface area contributed by atoms with Gasteiger partial charge in [0.25, 0.3) is 10.0 Å². The molecule has 0 radical (unpaired) electrons. The minimum atomic E-state index is -4.12. The Morgan fingerprint density at radius 2 is 1.81 bits per heavy atom. The smallest absolute Gasteiger partial charge is 0.258 e. The first-order valence-electron chi connectivity index (χ1n) is 5.39. The van der Waals surface area contributed by atoms with Crippen LogP contribution >= 0.6 is 23.2 Å². The number of hydrogen-bond acceptors (Lipinski definition) is 5. The molecule has 1 aromatic carbocycles. The number of pyridine rings is 1. The highest BCUT2D eigenvalue weighted by Crippen LogP contribution is 2.28. The van der Waals surface area contributed by atoms with E-state index in [0.29, 0.717) is 0 Å². The van der Waals surface area contributed by atoms with Crippen molar-refractivity contribution in [3.05, 3.63) is 56.7 Å². The van der Waals surface area contributed by atoms with Gasteiger partial charge in [-0.3, -0.25) is 14.8 Å². The highest BCUT2D eigenvalue weighted by atomic mass is 35.5. The summed E-state index contributed by atoms with van der Waals surface area (Å²) in [4.78, 5) is 13.5. The van der Waals surface area contributed by atoms with Crippen LogP contribution < -0.4 is 4.72 Å². The average molecular weight is 348 g/mol. The second-order valence-electron chi connectivity index (χ2n) is 3.79. The molecule has 10 heteroatoms. The number of halogens is 2. The summed E-state index contributed by atoms with van der Waals surface area (Å²) < 4.78 is 26.4. The van der Waals surface area contributed by atoms with E-state index in [-0.39, 0.29) is 15.1 Å². The van der Waals surface area contributed by atoms with Gasteiger partial charge in [-0.15, -0.1) is 0 Å². The molecule has 1 heterocycles. The zero-order valence-corrected chi connectivity index (χ0v) is 12.5. The van der Waals surface area contributed by atoms with Gasteiger partial charge in [-0.2, -0.15) is 0 Å². The van der Waals surface area contributed by atoms with E-state index in [1.54, 1.807) is 6.07 Å². The largest absolute Gasteiger partial charge is 0.312 e. The van der Waals surface area contributed by atoms with Gasteiger partial charge >= 0.3 is 5.69 Å². The Kier molecular flexibility index (Phi) is 4.31. The topological polar surface area (TPSA) is 102 Å². The highest BCUT2D eigenvalue weighted by Gasteiger charge is 2.24. The predicted octanol–water partition coefficient (Wildman–Crippen LogP) is 3.10. The zero-order chi connectivity index (χ0) is 15.6. The Hall–Kier alpha value is -1.90. The van der Waals surface area contributed by atoms with Crippen LogP contribution in [0.25, 0.3) is 0 Å². The quantitative estimate of drug-likeness (QED) is 0.520. The lowest BCUT2D eigenvalue weighted by molar-refractivity contribution is -0.384. The number of hydrogen-bond donors (Lipinski definition) is 1. The maximum absolute atomic E-state index is 12.2.